The van der Waals surface area contributed by atoms with Gasteiger partial charge in [-0.25, -0.2) is 9.37 Å². The molecule has 2 aromatic heterocycles. The summed E-state index contributed by atoms with van der Waals surface area (Å²) in [5.41, 5.74) is 1.28. The maximum atomic E-state index is 13.2. The van der Waals surface area contributed by atoms with Gasteiger partial charge in [0.05, 0.1) is 11.4 Å². The van der Waals surface area contributed by atoms with Crippen LogP contribution in [-0.4, -0.2) is 56.3 Å². The topological polar surface area (TPSA) is 93.0 Å². The van der Waals surface area contributed by atoms with Crippen LogP contribution in [0.1, 0.15) is 15.4 Å². The van der Waals surface area contributed by atoms with Crippen LogP contribution < -0.4 is 5.32 Å². The summed E-state index contributed by atoms with van der Waals surface area (Å²) in [4.78, 5) is 30.8. The number of amides is 2. The van der Waals surface area contributed by atoms with Gasteiger partial charge in [-0.3, -0.25) is 14.2 Å². The third kappa shape index (κ3) is 5.36. The van der Waals surface area contributed by atoms with E-state index in [-0.39, 0.29) is 23.4 Å². The Hall–Kier alpha value is -3.05. The van der Waals surface area contributed by atoms with Gasteiger partial charge < -0.3 is 10.2 Å². The number of aryl methyl sites for hydroxylation is 1. The number of rotatable bonds is 8. The van der Waals surface area contributed by atoms with E-state index in [0.717, 1.165) is 11.3 Å². The van der Waals surface area contributed by atoms with Crippen molar-refractivity contribution in [1.29, 1.82) is 0 Å². The number of nitrogens with zero attached hydrogens (tertiary/aromatic N) is 5. The molecule has 1 N–H and O–H groups in total. The molecule has 0 radical (unpaired) electrons. The molecule has 0 aliphatic rings. The smallest absolute Gasteiger partial charge is 0.265 e. The standard InChI is InChI=1S/C20H21FN6O2S2/c1-5-10-27-17(13-6-8-14(21)9-7-13)24-25-20(27)30-11-15(28)23-19-22-12(2)16(31-19)18(29)26(3)4/h5-9H,1,10-11H2,2-4H3,(H,22,23,28). The zero-order valence-corrected chi connectivity index (χ0v) is 18.9. The number of aromatic nitrogens is 4. The Balaban J connectivity index is 1.69. The molecule has 11 heteroatoms. The zero-order valence-electron chi connectivity index (χ0n) is 17.3. The lowest BCUT2D eigenvalue weighted by Gasteiger charge is -2.08. The van der Waals surface area contributed by atoms with E-state index < -0.39 is 0 Å². The predicted molar refractivity (Wildman–Crippen MR) is 120 cm³/mol. The normalized spacial score (nSPS) is 10.7. The second-order valence-corrected chi connectivity index (χ2v) is 8.62. The van der Waals surface area contributed by atoms with E-state index in [0.29, 0.717) is 38.8 Å². The molecule has 8 nitrogen and oxygen atoms in total. The summed E-state index contributed by atoms with van der Waals surface area (Å²) in [5.74, 6) is -0.133. The molecule has 0 fully saturated rings. The van der Waals surface area contributed by atoms with E-state index in [1.807, 2.05) is 0 Å². The minimum Gasteiger partial charge on any atom is -0.344 e. The third-order valence-corrected chi connectivity index (χ3v) is 6.13. The average Bonchev–Trinajstić information content (AvgIpc) is 3.29. The monoisotopic (exact) mass is 460 g/mol. The van der Waals surface area contributed by atoms with Crippen LogP contribution in [0.4, 0.5) is 9.52 Å². The summed E-state index contributed by atoms with van der Waals surface area (Å²) >= 11 is 2.35. The van der Waals surface area contributed by atoms with E-state index in [4.69, 9.17) is 0 Å². The fraction of sp³-hybridized carbons (Fsp3) is 0.250. The van der Waals surface area contributed by atoms with Gasteiger partial charge in [0.15, 0.2) is 16.1 Å². The lowest BCUT2D eigenvalue weighted by molar-refractivity contribution is -0.113. The average molecular weight is 461 g/mol. The molecule has 3 aromatic rings. The quantitative estimate of drug-likeness (QED) is 0.409. The van der Waals surface area contributed by atoms with Crippen LogP contribution in [0.2, 0.25) is 0 Å². The first kappa shape index (κ1) is 22.6. The number of thiazole rings is 1. The van der Waals surface area contributed by atoms with Crippen LogP contribution >= 0.6 is 23.1 Å². The summed E-state index contributed by atoms with van der Waals surface area (Å²) in [6.45, 7) is 5.92. The molecule has 0 unspecified atom stereocenters. The van der Waals surface area contributed by atoms with Crippen molar-refractivity contribution in [3.05, 3.63) is 53.3 Å². The number of nitrogens with one attached hydrogen (secondary N) is 1. The number of hydrogen-bond acceptors (Lipinski definition) is 7. The van der Waals surface area contributed by atoms with Crippen molar-refractivity contribution in [3.63, 3.8) is 0 Å². The molecular weight excluding hydrogens is 439 g/mol. The fourth-order valence-electron chi connectivity index (χ4n) is 2.64. The maximum absolute atomic E-state index is 13.2. The number of hydrogen-bond donors (Lipinski definition) is 1. The highest BCUT2D eigenvalue weighted by Crippen LogP contribution is 2.26. The van der Waals surface area contributed by atoms with Gasteiger partial charge in [0.1, 0.15) is 10.7 Å². The van der Waals surface area contributed by atoms with E-state index in [1.54, 1.807) is 43.8 Å². The molecular formula is C20H21FN6O2S2. The van der Waals surface area contributed by atoms with Crippen molar-refractivity contribution in [2.45, 2.75) is 18.6 Å². The molecule has 0 saturated carbocycles. The highest BCUT2D eigenvalue weighted by molar-refractivity contribution is 7.99. The Kier molecular flexibility index (Phi) is 7.18. The summed E-state index contributed by atoms with van der Waals surface area (Å²) in [7, 11) is 3.33. The van der Waals surface area contributed by atoms with Gasteiger partial charge in [-0.2, -0.15) is 0 Å². The fourth-order valence-corrected chi connectivity index (χ4v) is 4.39. The van der Waals surface area contributed by atoms with Crippen molar-refractivity contribution in [3.8, 4) is 11.4 Å². The molecule has 0 bridgehead atoms. The number of anilines is 1. The molecule has 0 saturated heterocycles. The van der Waals surface area contributed by atoms with Crippen LogP contribution in [-0.2, 0) is 11.3 Å². The molecule has 0 atom stereocenters. The summed E-state index contributed by atoms with van der Waals surface area (Å²) < 4.78 is 15.0. The van der Waals surface area contributed by atoms with Crippen molar-refractivity contribution >= 4 is 40.0 Å². The Morgan fingerprint density at radius 1 is 1.29 bits per heavy atom. The SMILES string of the molecule is C=CCn1c(SCC(=O)Nc2nc(C)c(C(=O)N(C)C)s2)nnc1-c1ccc(F)cc1. The Morgan fingerprint density at radius 3 is 2.65 bits per heavy atom. The predicted octanol–water partition coefficient (Wildman–Crippen LogP) is 3.47. The first-order valence-corrected chi connectivity index (χ1v) is 11.0. The van der Waals surface area contributed by atoms with Gasteiger partial charge in [0.25, 0.3) is 5.91 Å². The van der Waals surface area contributed by atoms with Gasteiger partial charge >= 0.3 is 0 Å². The second kappa shape index (κ2) is 9.84. The lowest BCUT2D eigenvalue weighted by Crippen LogP contribution is -2.21. The number of halogens is 1. The minimum atomic E-state index is -0.335. The van der Waals surface area contributed by atoms with Crippen LogP contribution in [0.15, 0.2) is 42.1 Å². The van der Waals surface area contributed by atoms with E-state index in [9.17, 15) is 14.0 Å². The van der Waals surface area contributed by atoms with Crippen LogP contribution in [0.3, 0.4) is 0 Å². The third-order valence-electron chi connectivity index (χ3n) is 4.11. The van der Waals surface area contributed by atoms with Gasteiger partial charge in [0, 0.05) is 26.2 Å². The van der Waals surface area contributed by atoms with Crippen LogP contribution in [0, 0.1) is 12.7 Å². The van der Waals surface area contributed by atoms with E-state index in [1.165, 1.54) is 28.8 Å². The first-order chi connectivity index (χ1) is 14.8. The maximum Gasteiger partial charge on any atom is 0.265 e. The Bertz CT molecular complexity index is 1110. The van der Waals surface area contributed by atoms with Gasteiger partial charge in [-0.1, -0.05) is 29.2 Å². The van der Waals surface area contributed by atoms with Crippen molar-refractivity contribution in [2.75, 3.05) is 25.2 Å². The van der Waals surface area contributed by atoms with Crippen molar-refractivity contribution in [2.24, 2.45) is 0 Å². The molecule has 162 valence electrons. The second-order valence-electron chi connectivity index (χ2n) is 6.68. The van der Waals surface area contributed by atoms with Gasteiger partial charge in [-0.15, -0.1) is 16.8 Å². The van der Waals surface area contributed by atoms with Crippen LogP contribution in [0.5, 0.6) is 0 Å². The number of carbonyl (C=O) groups excluding carboxylic acids is 2. The first-order valence-electron chi connectivity index (χ1n) is 9.22. The number of carbonyl (C=O) groups is 2. The Labute approximate surface area is 187 Å². The molecule has 2 amide bonds. The minimum absolute atomic E-state index is 0.0777. The largest absolute Gasteiger partial charge is 0.344 e. The molecule has 0 spiro atoms. The lowest BCUT2D eigenvalue weighted by atomic mass is 10.2. The van der Waals surface area contributed by atoms with Crippen molar-refractivity contribution < 1.29 is 14.0 Å². The summed E-state index contributed by atoms with van der Waals surface area (Å²) in [5, 5.41) is 12.0. The number of thioether (sulfide) groups is 1. The van der Waals surface area contributed by atoms with E-state index >= 15 is 0 Å². The van der Waals surface area contributed by atoms with Crippen LogP contribution in [0.25, 0.3) is 11.4 Å². The summed E-state index contributed by atoms with van der Waals surface area (Å²) in [6.07, 6.45) is 1.70. The molecule has 3 rings (SSSR count). The van der Waals surface area contributed by atoms with Crippen molar-refractivity contribution in [1.82, 2.24) is 24.6 Å². The number of benzene rings is 1. The molecule has 31 heavy (non-hydrogen) atoms. The number of allylic oxidation sites excluding steroid dienone is 1. The highest BCUT2D eigenvalue weighted by atomic mass is 32.2. The summed E-state index contributed by atoms with van der Waals surface area (Å²) in [6, 6.07) is 5.96. The zero-order chi connectivity index (χ0) is 22.5. The van der Waals surface area contributed by atoms with Gasteiger partial charge in [-0.05, 0) is 31.2 Å². The molecule has 0 aliphatic heterocycles. The Morgan fingerprint density at radius 2 is 2.00 bits per heavy atom. The molecule has 2 heterocycles. The molecule has 1 aromatic carbocycles. The van der Waals surface area contributed by atoms with Gasteiger partial charge in [0.2, 0.25) is 5.91 Å². The molecule has 0 aliphatic carbocycles. The van der Waals surface area contributed by atoms with E-state index in [2.05, 4.69) is 27.1 Å². The highest BCUT2D eigenvalue weighted by Gasteiger charge is 2.19.